The van der Waals surface area contributed by atoms with Gasteiger partial charge in [0.2, 0.25) is 16.0 Å². The molecule has 1 aliphatic carbocycles. The Kier molecular flexibility index (Phi) is 5.40. The van der Waals surface area contributed by atoms with Crippen molar-refractivity contribution >= 4 is 27.3 Å². The van der Waals surface area contributed by atoms with E-state index in [0.717, 1.165) is 44.2 Å². The molecule has 146 valence electrons. The van der Waals surface area contributed by atoms with E-state index in [4.69, 9.17) is 0 Å². The molecule has 2 aromatic rings. The lowest BCUT2D eigenvalue weighted by Gasteiger charge is -2.34. The van der Waals surface area contributed by atoms with E-state index >= 15 is 0 Å². The number of aromatic nitrogens is 3. The van der Waals surface area contributed by atoms with Crippen LogP contribution in [0.1, 0.15) is 32.6 Å². The van der Waals surface area contributed by atoms with Gasteiger partial charge in [-0.15, -0.1) is 5.10 Å². The highest BCUT2D eigenvalue weighted by atomic mass is 32.1. The molecule has 4 rings (SSSR count). The highest BCUT2D eigenvalue weighted by Gasteiger charge is 2.24. The van der Waals surface area contributed by atoms with E-state index in [9.17, 15) is 9.59 Å². The van der Waals surface area contributed by atoms with Gasteiger partial charge in [0, 0.05) is 44.5 Å². The zero-order valence-electron chi connectivity index (χ0n) is 15.6. The first-order valence-corrected chi connectivity index (χ1v) is 10.5. The molecule has 2 aromatic heterocycles. The third kappa shape index (κ3) is 4.30. The fraction of sp³-hybridized carbons (Fsp3) is 0.667. The summed E-state index contributed by atoms with van der Waals surface area (Å²) in [7, 11) is 0. The van der Waals surface area contributed by atoms with Crippen molar-refractivity contribution in [3.05, 3.63) is 22.6 Å². The monoisotopic (exact) mass is 390 g/mol. The first-order valence-electron chi connectivity index (χ1n) is 9.70. The standard InChI is InChI=1S/C18H26N6O2S/c1-13-3-2-4-14(11-13)20-15(25)12-22-7-9-23(10-8-22)18-21-24-16(26)5-6-19-17(24)27-18/h5-6,13-14H,2-4,7-12H2,1H3,(H,20,25). The first kappa shape index (κ1) is 18.4. The molecule has 2 atom stereocenters. The van der Waals surface area contributed by atoms with Crippen LogP contribution in [0, 0.1) is 5.92 Å². The summed E-state index contributed by atoms with van der Waals surface area (Å²) in [6, 6.07) is 1.76. The molecular formula is C18H26N6O2S. The van der Waals surface area contributed by atoms with Gasteiger partial charge in [-0.2, -0.15) is 4.52 Å². The molecule has 0 aromatic carbocycles. The normalized spacial score (nSPS) is 24.3. The number of piperazine rings is 1. The summed E-state index contributed by atoms with van der Waals surface area (Å²) in [6.45, 7) is 5.94. The van der Waals surface area contributed by atoms with Crippen LogP contribution < -0.4 is 15.8 Å². The van der Waals surface area contributed by atoms with E-state index in [1.54, 1.807) is 0 Å². The second kappa shape index (κ2) is 7.93. The van der Waals surface area contributed by atoms with Crippen molar-refractivity contribution in [3.8, 4) is 0 Å². The number of carbonyl (C=O) groups is 1. The molecule has 2 fully saturated rings. The molecule has 1 saturated heterocycles. The van der Waals surface area contributed by atoms with E-state index < -0.39 is 0 Å². The summed E-state index contributed by atoms with van der Waals surface area (Å²) in [5, 5.41) is 8.42. The Bertz CT molecular complexity index is 857. The fourth-order valence-corrected chi connectivity index (χ4v) is 4.93. The number of hydrogen-bond acceptors (Lipinski definition) is 7. The van der Waals surface area contributed by atoms with Crippen molar-refractivity contribution in [2.24, 2.45) is 5.92 Å². The molecule has 9 heteroatoms. The van der Waals surface area contributed by atoms with Crippen molar-refractivity contribution in [1.82, 2.24) is 24.8 Å². The Balaban J connectivity index is 1.28. The lowest BCUT2D eigenvalue weighted by molar-refractivity contribution is -0.123. The number of nitrogens with zero attached hydrogens (tertiary/aromatic N) is 5. The topological polar surface area (TPSA) is 82.8 Å². The molecular weight excluding hydrogens is 364 g/mol. The van der Waals surface area contributed by atoms with Gasteiger partial charge in [-0.05, 0) is 18.8 Å². The van der Waals surface area contributed by atoms with Gasteiger partial charge in [-0.3, -0.25) is 14.5 Å². The van der Waals surface area contributed by atoms with Gasteiger partial charge in [0.25, 0.3) is 5.56 Å². The van der Waals surface area contributed by atoms with Gasteiger partial charge < -0.3 is 10.2 Å². The second-order valence-corrected chi connectivity index (χ2v) is 8.60. The number of amides is 1. The van der Waals surface area contributed by atoms with Crippen molar-refractivity contribution in [1.29, 1.82) is 0 Å². The minimum Gasteiger partial charge on any atom is -0.352 e. The van der Waals surface area contributed by atoms with Crippen LogP contribution in [-0.4, -0.2) is 64.2 Å². The Labute approximate surface area is 162 Å². The maximum Gasteiger partial charge on any atom is 0.275 e. The molecule has 0 spiro atoms. The van der Waals surface area contributed by atoms with Gasteiger partial charge in [0.15, 0.2) is 0 Å². The average molecular weight is 391 g/mol. The van der Waals surface area contributed by atoms with Crippen molar-refractivity contribution in [3.63, 3.8) is 0 Å². The summed E-state index contributed by atoms with van der Waals surface area (Å²) < 4.78 is 1.35. The summed E-state index contributed by atoms with van der Waals surface area (Å²) in [5.74, 6) is 0.849. The smallest absolute Gasteiger partial charge is 0.275 e. The Morgan fingerprint density at radius 1 is 1.30 bits per heavy atom. The lowest BCUT2D eigenvalue weighted by atomic mass is 9.87. The van der Waals surface area contributed by atoms with E-state index in [1.807, 2.05) is 0 Å². The quantitative estimate of drug-likeness (QED) is 0.838. The van der Waals surface area contributed by atoms with Crippen LogP contribution in [0.4, 0.5) is 5.13 Å². The molecule has 0 radical (unpaired) electrons. The Hall–Kier alpha value is -2.00. The molecule has 3 heterocycles. The zero-order chi connectivity index (χ0) is 18.8. The lowest BCUT2D eigenvalue weighted by Crippen LogP contribution is -2.51. The maximum absolute atomic E-state index is 12.4. The molecule has 27 heavy (non-hydrogen) atoms. The van der Waals surface area contributed by atoms with E-state index in [1.165, 1.54) is 41.0 Å². The predicted molar refractivity (Wildman–Crippen MR) is 105 cm³/mol. The molecule has 8 nitrogen and oxygen atoms in total. The number of rotatable bonds is 4. The largest absolute Gasteiger partial charge is 0.352 e. The highest BCUT2D eigenvalue weighted by molar-refractivity contribution is 7.20. The average Bonchev–Trinajstić information content (AvgIpc) is 3.08. The summed E-state index contributed by atoms with van der Waals surface area (Å²) in [5.41, 5.74) is -0.158. The third-order valence-electron chi connectivity index (χ3n) is 5.47. The molecule has 1 saturated carbocycles. The minimum atomic E-state index is -0.158. The molecule has 1 N–H and O–H groups in total. The molecule has 1 aliphatic heterocycles. The third-order valence-corrected chi connectivity index (χ3v) is 6.46. The van der Waals surface area contributed by atoms with Crippen LogP contribution in [0.3, 0.4) is 0 Å². The predicted octanol–water partition coefficient (Wildman–Crippen LogP) is 0.968. The number of hydrogen-bond donors (Lipinski definition) is 1. The minimum absolute atomic E-state index is 0.137. The number of anilines is 1. The summed E-state index contributed by atoms with van der Waals surface area (Å²) in [4.78, 5) is 33.4. The van der Waals surface area contributed by atoms with Crippen molar-refractivity contribution < 1.29 is 4.79 Å². The SMILES string of the molecule is CC1CCCC(NC(=O)CN2CCN(c3nn4c(=O)ccnc4s3)CC2)C1. The summed E-state index contributed by atoms with van der Waals surface area (Å²) >= 11 is 1.43. The van der Waals surface area contributed by atoms with Crippen LogP contribution in [0.15, 0.2) is 17.1 Å². The fourth-order valence-electron chi connectivity index (χ4n) is 4.00. The Morgan fingerprint density at radius 2 is 2.11 bits per heavy atom. The zero-order valence-corrected chi connectivity index (χ0v) is 16.5. The van der Waals surface area contributed by atoms with Crippen LogP contribution >= 0.6 is 11.3 Å². The van der Waals surface area contributed by atoms with Gasteiger partial charge >= 0.3 is 0 Å². The van der Waals surface area contributed by atoms with Gasteiger partial charge in [-0.25, -0.2) is 4.98 Å². The molecule has 1 amide bonds. The van der Waals surface area contributed by atoms with E-state index in [-0.39, 0.29) is 11.5 Å². The van der Waals surface area contributed by atoms with Gasteiger partial charge in [-0.1, -0.05) is 31.1 Å². The van der Waals surface area contributed by atoms with Crippen molar-refractivity contribution in [2.45, 2.75) is 38.6 Å². The number of fused-ring (bicyclic) bond motifs is 1. The van der Waals surface area contributed by atoms with E-state index in [2.05, 4.69) is 32.1 Å². The molecule has 0 bridgehead atoms. The van der Waals surface area contributed by atoms with Crippen LogP contribution in [0.5, 0.6) is 0 Å². The molecule has 2 unspecified atom stereocenters. The van der Waals surface area contributed by atoms with Crippen LogP contribution in [0.2, 0.25) is 0 Å². The summed E-state index contributed by atoms with van der Waals surface area (Å²) in [6.07, 6.45) is 6.22. The maximum atomic E-state index is 12.4. The second-order valence-electron chi connectivity index (χ2n) is 7.66. The first-order chi connectivity index (χ1) is 13.1. The number of nitrogens with one attached hydrogen (secondary N) is 1. The number of carbonyl (C=O) groups excluding carboxylic acids is 1. The van der Waals surface area contributed by atoms with Gasteiger partial charge in [0.1, 0.15) is 0 Å². The van der Waals surface area contributed by atoms with Gasteiger partial charge in [0.05, 0.1) is 6.54 Å². The van der Waals surface area contributed by atoms with E-state index in [0.29, 0.717) is 23.5 Å². The van der Waals surface area contributed by atoms with Crippen LogP contribution in [0.25, 0.3) is 4.96 Å². The van der Waals surface area contributed by atoms with Crippen LogP contribution in [-0.2, 0) is 4.79 Å². The van der Waals surface area contributed by atoms with Crippen molar-refractivity contribution in [2.75, 3.05) is 37.6 Å². The Morgan fingerprint density at radius 3 is 2.85 bits per heavy atom. The molecule has 2 aliphatic rings. The highest BCUT2D eigenvalue weighted by Crippen LogP contribution is 2.24.